The summed E-state index contributed by atoms with van der Waals surface area (Å²) in [5.74, 6) is 0.772. The maximum atomic E-state index is 12.4. The van der Waals surface area contributed by atoms with Crippen molar-refractivity contribution in [3.8, 4) is 6.07 Å². The molecule has 8 nitrogen and oxygen atoms in total. The van der Waals surface area contributed by atoms with Crippen molar-refractivity contribution in [1.29, 1.82) is 5.26 Å². The van der Waals surface area contributed by atoms with Gasteiger partial charge in [-0.25, -0.2) is 9.97 Å². The molecule has 0 unspecified atom stereocenters. The summed E-state index contributed by atoms with van der Waals surface area (Å²) in [6.07, 6.45) is 0. The Bertz CT molecular complexity index is 842. The number of amides is 1. The first-order valence-electron chi connectivity index (χ1n) is 8.85. The second-order valence-electron chi connectivity index (χ2n) is 6.21. The number of aryl methyl sites for hydroxylation is 1. The number of carbonyl (C=O) groups excluding carboxylic acids is 1. The molecule has 1 fully saturated rings. The Labute approximate surface area is 158 Å². The van der Waals surface area contributed by atoms with E-state index in [1.54, 1.807) is 31.2 Å². The van der Waals surface area contributed by atoms with Crippen molar-refractivity contribution in [3.05, 3.63) is 47.4 Å². The van der Waals surface area contributed by atoms with Gasteiger partial charge in [0.15, 0.2) is 0 Å². The normalized spacial score (nSPS) is 14.4. The molecule has 2 N–H and O–H groups in total. The highest BCUT2D eigenvalue weighted by Crippen LogP contribution is 2.16. The summed E-state index contributed by atoms with van der Waals surface area (Å²) in [5.41, 5.74) is 1.58. The lowest BCUT2D eigenvalue weighted by molar-refractivity contribution is 0.0383. The maximum Gasteiger partial charge on any atom is 0.270 e. The summed E-state index contributed by atoms with van der Waals surface area (Å²) in [4.78, 5) is 23.2. The van der Waals surface area contributed by atoms with Crippen LogP contribution in [0.1, 0.15) is 21.9 Å². The zero-order valence-corrected chi connectivity index (χ0v) is 15.2. The van der Waals surface area contributed by atoms with E-state index in [2.05, 4.69) is 31.6 Å². The third-order valence-corrected chi connectivity index (χ3v) is 4.15. The SMILES string of the molecule is Cc1nc(Nc2cccc(C#N)c2)cc(C(=O)NCCN2CCOCC2)n1. The molecule has 0 radical (unpaired) electrons. The molecule has 0 spiro atoms. The Kier molecular flexibility index (Phi) is 6.30. The number of nitrogens with zero attached hydrogens (tertiary/aromatic N) is 4. The van der Waals surface area contributed by atoms with E-state index in [-0.39, 0.29) is 5.91 Å². The summed E-state index contributed by atoms with van der Waals surface area (Å²) in [7, 11) is 0. The van der Waals surface area contributed by atoms with Crippen molar-refractivity contribution >= 4 is 17.4 Å². The van der Waals surface area contributed by atoms with Crippen LogP contribution in [0.25, 0.3) is 0 Å². The van der Waals surface area contributed by atoms with Crippen molar-refractivity contribution in [1.82, 2.24) is 20.2 Å². The lowest BCUT2D eigenvalue weighted by Gasteiger charge is -2.26. The van der Waals surface area contributed by atoms with Gasteiger partial charge in [-0.05, 0) is 25.1 Å². The summed E-state index contributed by atoms with van der Waals surface area (Å²) < 4.78 is 5.32. The Morgan fingerprint density at radius 2 is 2.11 bits per heavy atom. The standard InChI is InChI=1S/C19H22N6O2/c1-14-22-17(19(26)21-5-6-25-7-9-27-10-8-25)12-18(23-14)24-16-4-2-3-15(11-16)13-20/h2-4,11-12H,5-10H2,1H3,(H,21,26)(H,22,23,24). The fraction of sp³-hybridized carbons (Fsp3) is 0.368. The van der Waals surface area contributed by atoms with Gasteiger partial charge in [-0.1, -0.05) is 6.07 Å². The number of hydrogen-bond donors (Lipinski definition) is 2. The minimum atomic E-state index is -0.234. The third kappa shape index (κ3) is 5.48. The lowest BCUT2D eigenvalue weighted by Crippen LogP contribution is -2.41. The molecule has 140 valence electrons. The summed E-state index contributed by atoms with van der Waals surface area (Å²) in [5, 5.41) is 15.0. The zero-order valence-electron chi connectivity index (χ0n) is 15.2. The monoisotopic (exact) mass is 366 g/mol. The highest BCUT2D eigenvalue weighted by atomic mass is 16.5. The molecule has 1 aliphatic rings. The second-order valence-corrected chi connectivity index (χ2v) is 6.21. The summed E-state index contributed by atoms with van der Waals surface area (Å²) >= 11 is 0. The molecule has 1 amide bonds. The minimum Gasteiger partial charge on any atom is -0.379 e. The number of aromatic nitrogens is 2. The van der Waals surface area contributed by atoms with Gasteiger partial charge in [-0.3, -0.25) is 9.69 Å². The molecular weight excluding hydrogens is 344 g/mol. The zero-order chi connectivity index (χ0) is 19.1. The smallest absolute Gasteiger partial charge is 0.270 e. The molecule has 1 saturated heterocycles. The van der Waals surface area contributed by atoms with Gasteiger partial charge in [-0.15, -0.1) is 0 Å². The largest absolute Gasteiger partial charge is 0.379 e. The molecule has 0 bridgehead atoms. The number of ether oxygens (including phenoxy) is 1. The topological polar surface area (TPSA) is 103 Å². The van der Waals surface area contributed by atoms with Gasteiger partial charge < -0.3 is 15.4 Å². The Morgan fingerprint density at radius 3 is 2.89 bits per heavy atom. The number of hydrogen-bond acceptors (Lipinski definition) is 7. The molecule has 0 aliphatic carbocycles. The molecule has 0 saturated carbocycles. The van der Waals surface area contributed by atoms with Crippen LogP contribution < -0.4 is 10.6 Å². The second kappa shape index (κ2) is 9.07. The van der Waals surface area contributed by atoms with Crippen LogP contribution in [0.4, 0.5) is 11.5 Å². The molecule has 8 heteroatoms. The van der Waals surface area contributed by atoms with E-state index in [1.165, 1.54) is 0 Å². The van der Waals surface area contributed by atoms with Gasteiger partial charge in [-0.2, -0.15) is 5.26 Å². The van der Waals surface area contributed by atoms with Crippen LogP contribution in [0.15, 0.2) is 30.3 Å². The average Bonchev–Trinajstić information content (AvgIpc) is 2.68. The molecular formula is C19H22N6O2. The van der Waals surface area contributed by atoms with Gasteiger partial charge in [0.25, 0.3) is 5.91 Å². The van der Waals surface area contributed by atoms with Gasteiger partial charge in [0.1, 0.15) is 17.3 Å². The van der Waals surface area contributed by atoms with Crippen molar-refractivity contribution in [2.45, 2.75) is 6.92 Å². The van der Waals surface area contributed by atoms with Crippen LogP contribution in [0, 0.1) is 18.3 Å². The quantitative estimate of drug-likeness (QED) is 0.798. The van der Waals surface area contributed by atoms with Crippen LogP contribution in [0.3, 0.4) is 0 Å². The van der Waals surface area contributed by atoms with Crippen molar-refractivity contribution < 1.29 is 9.53 Å². The van der Waals surface area contributed by atoms with Crippen LogP contribution in [0.2, 0.25) is 0 Å². The predicted molar refractivity (Wildman–Crippen MR) is 101 cm³/mol. The number of morpholine rings is 1. The number of anilines is 2. The molecule has 2 heterocycles. The van der Waals surface area contributed by atoms with Gasteiger partial charge in [0, 0.05) is 37.9 Å². The van der Waals surface area contributed by atoms with Crippen LogP contribution in [-0.2, 0) is 4.74 Å². The third-order valence-electron chi connectivity index (χ3n) is 4.15. The Balaban J connectivity index is 1.61. The Hall–Kier alpha value is -3.02. The fourth-order valence-corrected chi connectivity index (χ4v) is 2.81. The number of carbonyl (C=O) groups is 1. The van der Waals surface area contributed by atoms with E-state index in [0.29, 0.717) is 29.4 Å². The number of rotatable bonds is 6. The molecule has 2 aromatic rings. The highest BCUT2D eigenvalue weighted by molar-refractivity contribution is 5.93. The molecule has 1 aromatic heterocycles. The van der Waals surface area contributed by atoms with E-state index in [4.69, 9.17) is 10.00 Å². The van der Waals surface area contributed by atoms with Crippen molar-refractivity contribution in [2.75, 3.05) is 44.7 Å². The molecule has 3 rings (SSSR count). The Morgan fingerprint density at radius 1 is 1.30 bits per heavy atom. The number of nitrogens with one attached hydrogen (secondary N) is 2. The van der Waals surface area contributed by atoms with E-state index in [1.807, 2.05) is 6.07 Å². The summed E-state index contributed by atoms with van der Waals surface area (Å²) in [6, 6.07) is 10.8. The maximum absolute atomic E-state index is 12.4. The van der Waals surface area contributed by atoms with Gasteiger partial charge in [0.2, 0.25) is 0 Å². The predicted octanol–water partition coefficient (Wildman–Crippen LogP) is 1.46. The van der Waals surface area contributed by atoms with E-state index in [9.17, 15) is 4.79 Å². The van der Waals surface area contributed by atoms with Crippen LogP contribution in [0.5, 0.6) is 0 Å². The van der Waals surface area contributed by atoms with E-state index in [0.717, 1.165) is 38.5 Å². The molecule has 27 heavy (non-hydrogen) atoms. The average molecular weight is 366 g/mol. The molecule has 1 aliphatic heterocycles. The number of nitriles is 1. The first-order chi connectivity index (χ1) is 13.1. The van der Waals surface area contributed by atoms with Crippen LogP contribution in [-0.4, -0.2) is 60.2 Å². The minimum absolute atomic E-state index is 0.234. The van der Waals surface area contributed by atoms with Gasteiger partial charge >= 0.3 is 0 Å². The number of benzene rings is 1. The molecule has 0 atom stereocenters. The molecule has 1 aromatic carbocycles. The first kappa shape index (κ1) is 18.8. The summed E-state index contributed by atoms with van der Waals surface area (Å²) in [6.45, 7) is 6.32. The van der Waals surface area contributed by atoms with Gasteiger partial charge in [0.05, 0.1) is 24.8 Å². The van der Waals surface area contributed by atoms with Crippen molar-refractivity contribution in [2.24, 2.45) is 0 Å². The van der Waals surface area contributed by atoms with Crippen molar-refractivity contribution in [3.63, 3.8) is 0 Å². The van der Waals surface area contributed by atoms with Crippen LogP contribution >= 0.6 is 0 Å². The fourth-order valence-electron chi connectivity index (χ4n) is 2.81. The van der Waals surface area contributed by atoms with E-state index < -0.39 is 0 Å². The first-order valence-corrected chi connectivity index (χ1v) is 8.85. The van der Waals surface area contributed by atoms with E-state index >= 15 is 0 Å². The highest BCUT2D eigenvalue weighted by Gasteiger charge is 2.13. The lowest BCUT2D eigenvalue weighted by atomic mass is 10.2.